The Hall–Kier alpha value is -1.51. The molecule has 1 amide bonds. The number of hydrogen-bond acceptors (Lipinski definition) is 1. The van der Waals surface area contributed by atoms with Crippen molar-refractivity contribution in [2.45, 2.75) is 0 Å². The first-order chi connectivity index (χ1) is 8.15. The van der Waals surface area contributed by atoms with Crippen molar-refractivity contribution in [1.82, 2.24) is 0 Å². The van der Waals surface area contributed by atoms with E-state index in [2.05, 4.69) is 5.32 Å². The molecule has 0 heterocycles. The minimum Gasteiger partial charge on any atom is -0.322 e. The summed E-state index contributed by atoms with van der Waals surface area (Å²) in [4.78, 5) is 11.9. The Morgan fingerprint density at radius 2 is 1.53 bits per heavy atom. The molecule has 0 fully saturated rings. The Morgan fingerprint density at radius 1 is 0.941 bits per heavy atom. The number of amides is 1. The number of carbonyl (C=O) groups excluding carboxylic acids is 1. The van der Waals surface area contributed by atoms with E-state index in [4.69, 9.17) is 23.2 Å². The van der Waals surface area contributed by atoms with E-state index in [-0.39, 0.29) is 5.91 Å². The van der Waals surface area contributed by atoms with E-state index < -0.39 is 0 Å². The maximum atomic E-state index is 11.9. The fourth-order valence-electron chi connectivity index (χ4n) is 1.41. The van der Waals surface area contributed by atoms with Crippen molar-refractivity contribution in [2.24, 2.45) is 0 Å². The van der Waals surface area contributed by atoms with E-state index in [9.17, 15) is 4.79 Å². The molecule has 0 aromatic heterocycles. The summed E-state index contributed by atoms with van der Waals surface area (Å²) in [6, 6.07) is 13.9. The predicted octanol–water partition coefficient (Wildman–Crippen LogP) is 4.25. The van der Waals surface area contributed by atoms with Crippen LogP contribution in [0.4, 0.5) is 5.69 Å². The van der Waals surface area contributed by atoms with Gasteiger partial charge in [-0.05, 0) is 30.3 Å². The van der Waals surface area contributed by atoms with Crippen LogP contribution in [0.25, 0.3) is 0 Å². The summed E-state index contributed by atoms with van der Waals surface area (Å²) < 4.78 is 0. The summed E-state index contributed by atoms with van der Waals surface area (Å²) >= 11 is 11.7. The Bertz CT molecular complexity index is 520. The van der Waals surface area contributed by atoms with Gasteiger partial charge in [0.25, 0.3) is 5.91 Å². The third-order valence-electron chi connectivity index (χ3n) is 2.16. The molecule has 0 radical (unpaired) electrons. The van der Waals surface area contributed by atoms with Gasteiger partial charge in [0.2, 0.25) is 0 Å². The first kappa shape index (κ1) is 12.0. The fraction of sp³-hybridized carbons (Fsp3) is 0. The van der Waals surface area contributed by atoms with Gasteiger partial charge in [-0.1, -0.05) is 41.4 Å². The van der Waals surface area contributed by atoms with Crippen molar-refractivity contribution in [1.29, 1.82) is 0 Å². The number of halogens is 2. The van der Waals surface area contributed by atoms with Gasteiger partial charge in [-0.3, -0.25) is 4.79 Å². The number of anilines is 1. The van der Waals surface area contributed by atoms with Gasteiger partial charge in [0.05, 0.1) is 0 Å². The molecule has 4 heteroatoms. The molecule has 2 rings (SSSR count). The molecule has 0 unspecified atom stereocenters. The van der Waals surface area contributed by atoms with E-state index in [1.165, 1.54) is 0 Å². The van der Waals surface area contributed by atoms with Gasteiger partial charge in [-0.15, -0.1) is 0 Å². The average molecular weight is 266 g/mol. The van der Waals surface area contributed by atoms with Gasteiger partial charge >= 0.3 is 0 Å². The lowest BCUT2D eigenvalue weighted by Gasteiger charge is -2.05. The highest BCUT2D eigenvalue weighted by Crippen LogP contribution is 2.20. The Balaban J connectivity index is 2.20. The zero-order valence-electron chi connectivity index (χ0n) is 8.78. The number of hydrogen-bond donors (Lipinski definition) is 1. The highest BCUT2D eigenvalue weighted by Gasteiger charge is 2.07. The largest absolute Gasteiger partial charge is 0.322 e. The first-order valence-electron chi connectivity index (χ1n) is 4.97. The van der Waals surface area contributed by atoms with Crippen molar-refractivity contribution in [3.63, 3.8) is 0 Å². The van der Waals surface area contributed by atoms with Gasteiger partial charge in [-0.25, -0.2) is 0 Å². The molecule has 0 spiro atoms. The Kier molecular flexibility index (Phi) is 3.67. The minimum atomic E-state index is -0.236. The maximum absolute atomic E-state index is 11.9. The summed E-state index contributed by atoms with van der Waals surface area (Å²) in [6.07, 6.45) is 0. The van der Waals surface area contributed by atoms with Crippen LogP contribution in [0.15, 0.2) is 48.5 Å². The number of nitrogens with one attached hydrogen (secondary N) is 1. The van der Waals surface area contributed by atoms with Crippen molar-refractivity contribution >= 4 is 34.8 Å². The zero-order valence-corrected chi connectivity index (χ0v) is 10.3. The smallest absolute Gasteiger partial charge is 0.255 e. The van der Waals surface area contributed by atoms with Gasteiger partial charge < -0.3 is 5.32 Å². The molecule has 0 bridgehead atoms. The SMILES string of the molecule is O=C(Nc1ccccc1)c1cc(Cl)cc(Cl)c1. The molecule has 1 N–H and O–H groups in total. The molecular weight excluding hydrogens is 257 g/mol. The van der Waals surface area contributed by atoms with Crippen LogP contribution in [-0.2, 0) is 0 Å². The van der Waals surface area contributed by atoms with Gasteiger partial charge in [0, 0.05) is 21.3 Å². The average Bonchev–Trinajstić information content (AvgIpc) is 2.29. The predicted molar refractivity (Wildman–Crippen MR) is 70.9 cm³/mol. The van der Waals surface area contributed by atoms with Gasteiger partial charge in [-0.2, -0.15) is 0 Å². The number of carbonyl (C=O) groups is 1. The topological polar surface area (TPSA) is 29.1 Å². The lowest BCUT2D eigenvalue weighted by Crippen LogP contribution is -2.11. The molecule has 2 nitrogen and oxygen atoms in total. The van der Waals surface area contributed by atoms with Crippen molar-refractivity contribution in [3.8, 4) is 0 Å². The third kappa shape index (κ3) is 3.22. The molecule has 0 aliphatic heterocycles. The highest BCUT2D eigenvalue weighted by molar-refractivity contribution is 6.35. The second-order valence-electron chi connectivity index (χ2n) is 3.48. The van der Waals surface area contributed by atoms with Crippen LogP contribution in [0.1, 0.15) is 10.4 Å². The van der Waals surface area contributed by atoms with Crippen LogP contribution in [0.5, 0.6) is 0 Å². The normalized spacial score (nSPS) is 10.0. The molecule has 0 atom stereocenters. The van der Waals surface area contributed by atoms with E-state index in [0.29, 0.717) is 15.6 Å². The van der Waals surface area contributed by atoms with E-state index >= 15 is 0 Å². The van der Waals surface area contributed by atoms with Gasteiger partial charge in [0.15, 0.2) is 0 Å². The third-order valence-corrected chi connectivity index (χ3v) is 2.59. The van der Waals surface area contributed by atoms with Gasteiger partial charge in [0.1, 0.15) is 0 Å². The lowest BCUT2D eigenvalue weighted by atomic mass is 10.2. The molecule has 86 valence electrons. The zero-order chi connectivity index (χ0) is 12.3. The molecule has 0 aliphatic rings. The molecular formula is C13H9Cl2NO. The summed E-state index contributed by atoms with van der Waals surface area (Å²) in [5, 5.41) is 3.64. The second kappa shape index (κ2) is 5.21. The van der Waals surface area contributed by atoms with Crippen LogP contribution in [-0.4, -0.2) is 5.91 Å². The first-order valence-corrected chi connectivity index (χ1v) is 5.73. The summed E-state index contributed by atoms with van der Waals surface area (Å²) in [5.74, 6) is -0.236. The van der Waals surface area contributed by atoms with E-state index in [0.717, 1.165) is 5.69 Å². The molecule has 17 heavy (non-hydrogen) atoms. The van der Waals surface area contributed by atoms with E-state index in [1.807, 2.05) is 30.3 Å². The molecule has 0 aliphatic carbocycles. The molecule has 0 saturated carbocycles. The Labute approximate surface area is 109 Å². The molecule has 0 saturated heterocycles. The van der Waals surface area contributed by atoms with Crippen molar-refractivity contribution in [3.05, 3.63) is 64.1 Å². The number of rotatable bonds is 2. The highest BCUT2D eigenvalue weighted by atomic mass is 35.5. The Morgan fingerprint density at radius 3 is 2.12 bits per heavy atom. The molecule has 2 aromatic carbocycles. The fourth-order valence-corrected chi connectivity index (χ4v) is 1.94. The maximum Gasteiger partial charge on any atom is 0.255 e. The standard InChI is InChI=1S/C13H9Cl2NO/c14-10-6-9(7-11(15)8-10)13(17)16-12-4-2-1-3-5-12/h1-8H,(H,16,17). The lowest BCUT2D eigenvalue weighted by molar-refractivity contribution is 0.102. The van der Waals surface area contributed by atoms with Crippen LogP contribution in [0.2, 0.25) is 10.0 Å². The minimum absolute atomic E-state index is 0.236. The van der Waals surface area contributed by atoms with Crippen LogP contribution in [0.3, 0.4) is 0 Å². The summed E-state index contributed by atoms with van der Waals surface area (Å²) in [6.45, 7) is 0. The second-order valence-corrected chi connectivity index (χ2v) is 4.35. The van der Waals surface area contributed by atoms with Crippen LogP contribution < -0.4 is 5.32 Å². The number of benzene rings is 2. The van der Waals surface area contributed by atoms with Crippen molar-refractivity contribution < 1.29 is 4.79 Å². The van der Waals surface area contributed by atoms with E-state index in [1.54, 1.807) is 18.2 Å². The van der Waals surface area contributed by atoms with Crippen LogP contribution in [0, 0.1) is 0 Å². The quantitative estimate of drug-likeness (QED) is 0.865. The monoisotopic (exact) mass is 265 g/mol. The number of para-hydroxylation sites is 1. The molecule has 2 aromatic rings. The van der Waals surface area contributed by atoms with Crippen molar-refractivity contribution in [2.75, 3.05) is 5.32 Å². The summed E-state index contributed by atoms with van der Waals surface area (Å²) in [5.41, 5.74) is 1.17. The van der Waals surface area contributed by atoms with Crippen LogP contribution >= 0.6 is 23.2 Å². The summed E-state index contributed by atoms with van der Waals surface area (Å²) in [7, 11) is 0.